The smallest absolute Gasteiger partial charge is 0.310 e. The maximum absolute atomic E-state index is 12.9. The van der Waals surface area contributed by atoms with E-state index in [2.05, 4.69) is 59.9 Å². The van der Waals surface area contributed by atoms with Crippen molar-refractivity contribution in [1.29, 1.82) is 0 Å². The monoisotopic (exact) mass is 538 g/mol. The van der Waals surface area contributed by atoms with Crippen LogP contribution in [-0.4, -0.2) is 41.2 Å². The van der Waals surface area contributed by atoms with Gasteiger partial charge in [-0.05, 0) is 109 Å². The number of allylic oxidation sites excluding steroid dienone is 2. The van der Waals surface area contributed by atoms with Gasteiger partial charge in [-0.15, -0.1) is 0 Å². The lowest BCUT2D eigenvalue weighted by atomic mass is 9.33. The molecule has 0 bridgehead atoms. The summed E-state index contributed by atoms with van der Waals surface area (Å²) >= 11 is 0. The Kier molecular flexibility index (Phi) is 6.12. The zero-order chi connectivity index (χ0) is 28.2. The number of carbonyl (C=O) groups is 1. The number of carboxylic acids is 1. The standard InChI is InChI=1S/C34H54N2O3/c1-29(2)13-15-34(28(38)39)16-14-32(6)22(23(34)20-29)9-10-25-31(5)19-21(27-35-17-8-18-36-27)26(37)30(3,4)24(31)11-12-33(25,32)7/h9,21,23-26,37H,8,10-20H2,1-7H3,(H,35,36)(H,38,39)/t21-,23+,24+,25-,26+,31+,32-,33-,34+/m1/s1. The quantitative estimate of drug-likeness (QED) is 0.336. The first kappa shape index (κ1) is 27.8. The Morgan fingerprint density at radius 3 is 2.36 bits per heavy atom. The van der Waals surface area contributed by atoms with Gasteiger partial charge in [0.15, 0.2) is 0 Å². The summed E-state index contributed by atoms with van der Waals surface area (Å²) in [6.45, 7) is 18.8. The van der Waals surface area contributed by atoms with Crippen molar-refractivity contribution in [2.75, 3.05) is 13.1 Å². The fourth-order valence-corrected chi connectivity index (χ4v) is 11.9. The van der Waals surface area contributed by atoms with Gasteiger partial charge in [0.05, 0.1) is 11.5 Å². The SMILES string of the molecule is CC1(C)CC[C@]2(C(=O)O)CC[C@]3(C)C(=CC[C@@H]4[C@@]5(C)C[C@@H](C6=NCCCN6)[C@H](O)C(C)(C)[C@@H]5CC[C@]43C)[C@@H]2C1. The number of hydrogen-bond acceptors (Lipinski definition) is 4. The Hall–Kier alpha value is -1.36. The van der Waals surface area contributed by atoms with Gasteiger partial charge in [-0.1, -0.05) is 60.1 Å². The van der Waals surface area contributed by atoms with E-state index in [0.717, 1.165) is 76.7 Å². The van der Waals surface area contributed by atoms with Crippen molar-refractivity contribution < 1.29 is 15.0 Å². The van der Waals surface area contributed by atoms with Crippen LogP contribution in [-0.2, 0) is 4.79 Å². The van der Waals surface area contributed by atoms with E-state index in [4.69, 9.17) is 4.99 Å². The fourth-order valence-electron chi connectivity index (χ4n) is 11.9. The lowest BCUT2D eigenvalue weighted by Gasteiger charge is -2.71. The van der Waals surface area contributed by atoms with Crippen LogP contribution in [0, 0.1) is 56.2 Å². The third-order valence-corrected chi connectivity index (χ3v) is 14.3. The van der Waals surface area contributed by atoms with E-state index < -0.39 is 11.4 Å². The van der Waals surface area contributed by atoms with Crippen LogP contribution in [0.25, 0.3) is 0 Å². The Bertz CT molecular complexity index is 1110. The number of nitrogens with zero attached hydrogens (tertiary/aromatic N) is 1. The summed E-state index contributed by atoms with van der Waals surface area (Å²) in [5.41, 5.74) is 1.17. The number of aliphatic carboxylic acids is 1. The predicted molar refractivity (Wildman–Crippen MR) is 156 cm³/mol. The number of aliphatic hydroxyl groups excluding tert-OH is 1. The minimum absolute atomic E-state index is 0.0250. The molecule has 0 radical (unpaired) electrons. The molecule has 3 N–H and O–H groups in total. The van der Waals surface area contributed by atoms with Gasteiger partial charge < -0.3 is 15.5 Å². The molecule has 1 heterocycles. The number of aliphatic hydroxyl groups is 1. The summed E-state index contributed by atoms with van der Waals surface area (Å²) in [4.78, 5) is 17.8. The maximum atomic E-state index is 12.9. The molecule has 5 heteroatoms. The van der Waals surface area contributed by atoms with E-state index in [9.17, 15) is 15.0 Å². The number of carboxylic acid groups (broad SMARTS) is 1. The highest BCUT2D eigenvalue weighted by Crippen LogP contribution is 2.76. The van der Waals surface area contributed by atoms with Gasteiger partial charge in [0.1, 0.15) is 5.84 Å². The molecule has 218 valence electrons. The number of fused-ring (bicyclic) bond motifs is 7. The summed E-state index contributed by atoms with van der Waals surface area (Å²) in [7, 11) is 0. The van der Waals surface area contributed by atoms with E-state index in [-0.39, 0.29) is 45.0 Å². The molecule has 0 saturated heterocycles. The van der Waals surface area contributed by atoms with Gasteiger partial charge in [0, 0.05) is 19.0 Å². The summed E-state index contributed by atoms with van der Waals surface area (Å²) < 4.78 is 0. The first-order valence-electron chi connectivity index (χ1n) is 16.0. The molecule has 1 aliphatic heterocycles. The average Bonchev–Trinajstić information content (AvgIpc) is 2.87. The zero-order valence-electron chi connectivity index (χ0n) is 25.7. The second-order valence-electron chi connectivity index (χ2n) is 16.8. The molecule has 0 aromatic heterocycles. The van der Waals surface area contributed by atoms with Crippen LogP contribution >= 0.6 is 0 Å². The minimum atomic E-state index is -0.585. The molecule has 6 rings (SSSR count). The maximum Gasteiger partial charge on any atom is 0.310 e. The van der Waals surface area contributed by atoms with E-state index in [0.29, 0.717) is 11.8 Å². The Labute approximate surface area is 236 Å². The van der Waals surface area contributed by atoms with Crippen LogP contribution in [0.3, 0.4) is 0 Å². The number of amidine groups is 1. The molecular formula is C34H54N2O3. The molecule has 0 unspecified atom stereocenters. The Morgan fingerprint density at radius 2 is 1.69 bits per heavy atom. The van der Waals surface area contributed by atoms with Crippen molar-refractivity contribution >= 4 is 11.8 Å². The third kappa shape index (κ3) is 3.59. The number of aliphatic imine (C=N–C) groups is 1. The van der Waals surface area contributed by atoms with Crippen molar-refractivity contribution in [1.82, 2.24) is 5.32 Å². The van der Waals surface area contributed by atoms with Crippen molar-refractivity contribution in [3.8, 4) is 0 Å². The summed E-state index contributed by atoms with van der Waals surface area (Å²) in [5.74, 6) is 1.68. The van der Waals surface area contributed by atoms with E-state index >= 15 is 0 Å². The van der Waals surface area contributed by atoms with Crippen molar-refractivity contribution in [3.63, 3.8) is 0 Å². The number of hydrogen-bond donors (Lipinski definition) is 3. The Balaban J connectivity index is 1.43. The topological polar surface area (TPSA) is 81.9 Å². The second kappa shape index (κ2) is 8.58. The molecule has 0 spiro atoms. The van der Waals surface area contributed by atoms with Crippen LogP contribution in [0.1, 0.15) is 113 Å². The van der Waals surface area contributed by atoms with Crippen LogP contribution in [0.4, 0.5) is 0 Å². The first-order chi connectivity index (χ1) is 18.1. The lowest BCUT2D eigenvalue weighted by Crippen LogP contribution is -2.67. The van der Waals surface area contributed by atoms with Crippen molar-refractivity contribution in [3.05, 3.63) is 11.6 Å². The van der Waals surface area contributed by atoms with Crippen LogP contribution in [0.5, 0.6) is 0 Å². The summed E-state index contributed by atoms with van der Waals surface area (Å²) in [6, 6.07) is 0. The molecule has 4 fully saturated rings. The lowest BCUT2D eigenvalue weighted by molar-refractivity contribution is -0.213. The van der Waals surface area contributed by atoms with Crippen molar-refractivity contribution in [2.24, 2.45) is 61.2 Å². The fraction of sp³-hybridized carbons (Fsp3) is 0.882. The van der Waals surface area contributed by atoms with Gasteiger partial charge in [0.2, 0.25) is 0 Å². The molecule has 4 saturated carbocycles. The van der Waals surface area contributed by atoms with Gasteiger partial charge >= 0.3 is 5.97 Å². The highest BCUT2D eigenvalue weighted by molar-refractivity contribution is 5.86. The molecule has 6 aliphatic rings. The number of rotatable bonds is 2. The molecule has 5 nitrogen and oxygen atoms in total. The Morgan fingerprint density at radius 1 is 0.974 bits per heavy atom. The van der Waals surface area contributed by atoms with E-state index in [1.165, 1.54) is 12.0 Å². The normalized spacial score (nSPS) is 50.1. The van der Waals surface area contributed by atoms with Crippen LogP contribution in [0.2, 0.25) is 0 Å². The second-order valence-corrected chi connectivity index (χ2v) is 16.8. The van der Waals surface area contributed by atoms with Crippen LogP contribution < -0.4 is 5.32 Å². The molecule has 39 heavy (non-hydrogen) atoms. The largest absolute Gasteiger partial charge is 0.481 e. The summed E-state index contributed by atoms with van der Waals surface area (Å²) in [6.07, 6.45) is 12.2. The van der Waals surface area contributed by atoms with E-state index in [1.54, 1.807) is 0 Å². The minimum Gasteiger partial charge on any atom is -0.481 e. The summed E-state index contributed by atoms with van der Waals surface area (Å²) in [5, 5.41) is 26.0. The first-order valence-corrected chi connectivity index (χ1v) is 16.0. The highest BCUT2D eigenvalue weighted by Gasteiger charge is 2.70. The molecule has 5 aliphatic carbocycles. The molecular weight excluding hydrogens is 484 g/mol. The van der Waals surface area contributed by atoms with Gasteiger partial charge in [-0.3, -0.25) is 9.79 Å². The van der Waals surface area contributed by atoms with Gasteiger partial charge in [-0.25, -0.2) is 0 Å². The number of nitrogens with one attached hydrogen (secondary N) is 1. The average molecular weight is 539 g/mol. The predicted octanol–water partition coefficient (Wildman–Crippen LogP) is 6.85. The molecule has 9 atom stereocenters. The third-order valence-electron chi connectivity index (χ3n) is 14.3. The van der Waals surface area contributed by atoms with Gasteiger partial charge in [-0.2, -0.15) is 0 Å². The van der Waals surface area contributed by atoms with E-state index in [1.807, 2.05) is 0 Å². The van der Waals surface area contributed by atoms with Crippen LogP contribution in [0.15, 0.2) is 16.6 Å². The van der Waals surface area contributed by atoms with Gasteiger partial charge in [0.25, 0.3) is 0 Å². The molecule has 0 aromatic carbocycles. The van der Waals surface area contributed by atoms with Crippen molar-refractivity contribution in [2.45, 2.75) is 119 Å². The highest BCUT2D eigenvalue weighted by atomic mass is 16.4. The zero-order valence-corrected chi connectivity index (χ0v) is 25.7. The molecule has 0 aromatic rings. The molecule has 0 amide bonds.